The molecule has 1 N–H and O–H groups in total. The summed E-state index contributed by atoms with van der Waals surface area (Å²) in [6.45, 7) is 2.08. The summed E-state index contributed by atoms with van der Waals surface area (Å²) in [5.74, 6) is -0.162. The van der Waals surface area contributed by atoms with Crippen molar-refractivity contribution < 1.29 is 4.79 Å². The van der Waals surface area contributed by atoms with Crippen LogP contribution in [0, 0.1) is 6.92 Å². The first kappa shape index (κ1) is 19.3. The number of pyridine rings is 1. The van der Waals surface area contributed by atoms with Crippen molar-refractivity contribution in [1.29, 1.82) is 0 Å². The number of hydrogen-bond donors (Lipinski definition) is 1. The van der Waals surface area contributed by atoms with E-state index in [1.54, 1.807) is 12.3 Å². The Balaban J connectivity index is 1.41. The number of nitrogens with one attached hydrogen (secondary N) is 1. The van der Waals surface area contributed by atoms with Crippen LogP contribution in [0.5, 0.6) is 0 Å². The van der Waals surface area contributed by atoms with Gasteiger partial charge in [-0.15, -0.1) is 0 Å². The Morgan fingerprint density at radius 1 is 0.800 bits per heavy atom. The molecule has 0 bridgehead atoms. The number of aryl methyl sites for hydroxylation is 1. The zero-order valence-corrected chi connectivity index (χ0v) is 16.7. The lowest BCUT2D eigenvalue weighted by Gasteiger charge is -2.05. The van der Waals surface area contributed by atoms with Crippen LogP contribution in [0.2, 0.25) is 0 Å². The normalized spacial score (nSPS) is 10.8. The largest absolute Gasteiger partial charge is 0.323 e. The third-order valence-corrected chi connectivity index (χ3v) is 4.85. The summed E-state index contributed by atoms with van der Waals surface area (Å²) in [6, 6.07) is 28.2. The lowest BCUT2D eigenvalue weighted by Crippen LogP contribution is -2.07. The predicted octanol–water partition coefficient (Wildman–Crippen LogP) is 6.38. The highest BCUT2D eigenvalue weighted by molar-refractivity contribution is 6.02. The number of carbonyl (C=O) groups is 1. The summed E-state index contributed by atoms with van der Waals surface area (Å²) in [7, 11) is 0. The smallest absolute Gasteiger partial charge is 0.248 e. The first-order chi connectivity index (χ1) is 14.7. The minimum atomic E-state index is -0.162. The lowest BCUT2D eigenvalue weighted by molar-refractivity contribution is -0.111. The summed E-state index contributed by atoms with van der Waals surface area (Å²) in [5.41, 5.74) is 7.37. The number of benzene rings is 3. The van der Waals surface area contributed by atoms with E-state index in [4.69, 9.17) is 0 Å². The average molecular weight is 390 g/mol. The van der Waals surface area contributed by atoms with E-state index < -0.39 is 0 Å². The molecule has 0 spiro atoms. The van der Waals surface area contributed by atoms with Crippen molar-refractivity contribution >= 4 is 17.7 Å². The molecule has 0 saturated heterocycles. The van der Waals surface area contributed by atoms with Crippen LogP contribution in [0.1, 0.15) is 11.1 Å². The molecule has 4 rings (SSSR count). The third-order valence-electron chi connectivity index (χ3n) is 4.85. The molecule has 3 aromatic carbocycles. The van der Waals surface area contributed by atoms with Gasteiger partial charge in [-0.3, -0.25) is 9.78 Å². The second kappa shape index (κ2) is 9.01. The van der Waals surface area contributed by atoms with Crippen LogP contribution >= 0.6 is 0 Å². The molecule has 0 aliphatic rings. The van der Waals surface area contributed by atoms with Crippen LogP contribution in [0.25, 0.3) is 28.3 Å². The fourth-order valence-corrected chi connectivity index (χ4v) is 3.20. The van der Waals surface area contributed by atoms with E-state index in [1.165, 1.54) is 5.56 Å². The fourth-order valence-electron chi connectivity index (χ4n) is 3.20. The Kier molecular flexibility index (Phi) is 5.81. The third kappa shape index (κ3) is 4.89. The van der Waals surface area contributed by atoms with Crippen molar-refractivity contribution in [3.63, 3.8) is 0 Å². The minimum absolute atomic E-state index is 0.162. The van der Waals surface area contributed by atoms with Gasteiger partial charge in [-0.25, -0.2) is 0 Å². The topological polar surface area (TPSA) is 42.0 Å². The van der Waals surface area contributed by atoms with Gasteiger partial charge in [0.05, 0.1) is 0 Å². The maximum Gasteiger partial charge on any atom is 0.248 e. The van der Waals surface area contributed by atoms with E-state index in [1.807, 2.05) is 60.8 Å². The average Bonchev–Trinajstić information content (AvgIpc) is 2.79. The van der Waals surface area contributed by atoms with Gasteiger partial charge < -0.3 is 5.32 Å². The Labute approximate surface area is 176 Å². The predicted molar refractivity (Wildman–Crippen MR) is 124 cm³/mol. The monoisotopic (exact) mass is 390 g/mol. The number of hydrogen-bond acceptors (Lipinski definition) is 2. The molecule has 0 radical (unpaired) electrons. The second-order valence-electron chi connectivity index (χ2n) is 7.13. The van der Waals surface area contributed by atoms with Gasteiger partial charge in [0.2, 0.25) is 5.91 Å². The van der Waals surface area contributed by atoms with Gasteiger partial charge >= 0.3 is 0 Å². The van der Waals surface area contributed by atoms with Crippen LogP contribution in [-0.4, -0.2) is 10.9 Å². The summed E-state index contributed by atoms with van der Waals surface area (Å²) < 4.78 is 0. The second-order valence-corrected chi connectivity index (χ2v) is 7.13. The Morgan fingerprint density at radius 3 is 2.23 bits per heavy atom. The molecule has 1 amide bonds. The summed E-state index contributed by atoms with van der Waals surface area (Å²) >= 11 is 0. The highest BCUT2D eigenvalue weighted by atomic mass is 16.1. The molecular weight excluding hydrogens is 368 g/mol. The molecule has 0 aliphatic carbocycles. The van der Waals surface area contributed by atoms with Gasteiger partial charge in [0, 0.05) is 24.2 Å². The number of carbonyl (C=O) groups excluding carboxylic acids is 1. The van der Waals surface area contributed by atoms with E-state index in [-0.39, 0.29) is 5.91 Å². The van der Waals surface area contributed by atoms with Crippen LogP contribution < -0.4 is 5.32 Å². The number of aromatic nitrogens is 1. The van der Waals surface area contributed by atoms with Crippen molar-refractivity contribution in [2.75, 3.05) is 5.32 Å². The summed E-state index contributed by atoms with van der Waals surface area (Å²) in [4.78, 5) is 16.5. The summed E-state index contributed by atoms with van der Waals surface area (Å²) in [6.07, 6.45) is 6.96. The van der Waals surface area contributed by atoms with Gasteiger partial charge in [0.25, 0.3) is 0 Å². The van der Waals surface area contributed by atoms with Crippen LogP contribution in [0.4, 0.5) is 5.69 Å². The van der Waals surface area contributed by atoms with Crippen LogP contribution in [-0.2, 0) is 4.79 Å². The maximum absolute atomic E-state index is 12.3. The molecule has 4 aromatic rings. The molecule has 3 heteroatoms. The molecule has 0 saturated carbocycles. The zero-order valence-electron chi connectivity index (χ0n) is 16.7. The molecule has 30 heavy (non-hydrogen) atoms. The van der Waals surface area contributed by atoms with Gasteiger partial charge in [0.15, 0.2) is 0 Å². The van der Waals surface area contributed by atoms with Gasteiger partial charge in [-0.2, -0.15) is 0 Å². The van der Waals surface area contributed by atoms with Gasteiger partial charge in [0.1, 0.15) is 0 Å². The highest BCUT2D eigenvalue weighted by Crippen LogP contribution is 2.22. The first-order valence-electron chi connectivity index (χ1n) is 9.84. The Bertz CT molecular complexity index is 1160. The fraction of sp³-hybridized carbons (Fsp3) is 0.0370. The molecule has 1 aromatic heterocycles. The molecule has 0 fully saturated rings. The van der Waals surface area contributed by atoms with E-state index in [9.17, 15) is 4.79 Å². The maximum atomic E-state index is 12.3. The quantitative estimate of drug-likeness (QED) is 0.402. The Hall–Kier alpha value is -3.98. The molecule has 0 atom stereocenters. The molecule has 146 valence electrons. The van der Waals surface area contributed by atoms with Crippen molar-refractivity contribution in [3.8, 4) is 22.3 Å². The zero-order chi connectivity index (χ0) is 20.8. The van der Waals surface area contributed by atoms with E-state index in [2.05, 4.69) is 53.6 Å². The number of anilines is 1. The number of rotatable bonds is 5. The molecule has 1 heterocycles. The van der Waals surface area contributed by atoms with Crippen molar-refractivity contribution in [2.24, 2.45) is 0 Å². The SMILES string of the molecule is Cc1ccc(-c2cccc(/C=C/C(=O)Nc3ccc(-c4cccnc4)cc3)c2)cc1. The first-order valence-corrected chi connectivity index (χ1v) is 9.84. The molecule has 0 aliphatic heterocycles. The van der Waals surface area contributed by atoms with Crippen LogP contribution in [0.15, 0.2) is 103 Å². The van der Waals surface area contributed by atoms with E-state index >= 15 is 0 Å². The standard InChI is InChI=1S/C27H22N2O/c1-20-7-10-22(11-8-20)24-5-2-4-21(18-24)9-16-27(30)29-26-14-12-23(13-15-26)25-6-3-17-28-19-25/h2-19H,1H3,(H,29,30)/b16-9+. The van der Waals surface area contributed by atoms with E-state index in [0.717, 1.165) is 33.5 Å². The minimum Gasteiger partial charge on any atom is -0.323 e. The lowest BCUT2D eigenvalue weighted by atomic mass is 10.0. The molecule has 0 unspecified atom stereocenters. The summed E-state index contributed by atoms with van der Waals surface area (Å²) in [5, 5.41) is 2.90. The van der Waals surface area contributed by atoms with E-state index in [0.29, 0.717) is 0 Å². The van der Waals surface area contributed by atoms with Crippen molar-refractivity contribution in [3.05, 3.63) is 115 Å². The van der Waals surface area contributed by atoms with Crippen molar-refractivity contribution in [1.82, 2.24) is 4.98 Å². The molecular formula is C27H22N2O. The number of nitrogens with zero attached hydrogens (tertiary/aromatic N) is 1. The number of amides is 1. The van der Waals surface area contributed by atoms with Crippen LogP contribution in [0.3, 0.4) is 0 Å². The van der Waals surface area contributed by atoms with Gasteiger partial charge in [-0.05, 0) is 65.1 Å². The molecule has 3 nitrogen and oxygen atoms in total. The van der Waals surface area contributed by atoms with Crippen molar-refractivity contribution in [2.45, 2.75) is 6.92 Å². The highest BCUT2D eigenvalue weighted by Gasteiger charge is 2.02. The Morgan fingerprint density at radius 2 is 1.50 bits per heavy atom. The van der Waals surface area contributed by atoms with Gasteiger partial charge in [-0.1, -0.05) is 66.2 Å².